The number of nitrogens with one attached hydrogen (secondary N) is 2. The first-order valence-electron chi connectivity index (χ1n) is 10.2. The summed E-state index contributed by atoms with van der Waals surface area (Å²) in [5, 5.41) is 7.56. The summed E-state index contributed by atoms with van der Waals surface area (Å²) in [6, 6.07) is 6.19. The van der Waals surface area contributed by atoms with E-state index in [2.05, 4.69) is 17.2 Å². The fourth-order valence-electron chi connectivity index (χ4n) is 3.64. The predicted molar refractivity (Wildman–Crippen MR) is 115 cm³/mol. The predicted octanol–water partition coefficient (Wildman–Crippen LogP) is 3.28. The fraction of sp³-hybridized carbons (Fsp3) is 0.409. The van der Waals surface area contributed by atoms with E-state index in [4.69, 9.17) is 4.42 Å². The Morgan fingerprint density at radius 1 is 1.23 bits per heavy atom. The van der Waals surface area contributed by atoms with E-state index in [1.165, 1.54) is 35.0 Å². The van der Waals surface area contributed by atoms with Gasteiger partial charge in [-0.15, -0.1) is 17.9 Å². The van der Waals surface area contributed by atoms with E-state index in [0.717, 1.165) is 30.6 Å². The SMILES string of the molecule is C=CCN(C(=O)CNC(=O)c1ccco1)C(C(=O)NC1CCCCC1)c1cccs1. The van der Waals surface area contributed by atoms with Crippen molar-refractivity contribution in [2.45, 2.75) is 44.2 Å². The van der Waals surface area contributed by atoms with Crippen LogP contribution in [-0.4, -0.2) is 41.8 Å². The lowest BCUT2D eigenvalue weighted by Crippen LogP contribution is -2.49. The van der Waals surface area contributed by atoms with Crippen LogP contribution >= 0.6 is 11.3 Å². The molecule has 1 atom stereocenters. The molecular formula is C22H27N3O4S. The van der Waals surface area contributed by atoms with Crippen LogP contribution in [0.5, 0.6) is 0 Å². The minimum Gasteiger partial charge on any atom is -0.459 e. The van der Waals surface area contributed by atoms with Crippen LogP contribution in [0.1, 0.15) is 53.6 Å². The minimum absolute atomic E-state index is 0.128. The monoisotopic (exact) mass is 429 g/mol. The summed E-state index contributed by atoms with van der Waals surface area (Å²) in [4.78, 5) is 40.6. The Morgan fingerprint density at radius 3 is 2.67 bits per heavy atom. The summed E-state index contributed by atoms with van der Waals surface area (Å²) in [5.41, 5.74) is 0. The molecule has 160 valence electrons. The van der Waals surface area contributed by atoms with Gasteiger partial charge in [-0.05, 0) is 36.4 Å². The lowest BCUT2D eigenvalue weighted by atomic mass is 9.95. The molecule has 1 aliphatic rings. The van der Waals surface area contributed by atoms with Gasteiger partial charge in [0.05, 0.1) is 12.8 Å². The van der Waals surface area contributed by atoms with Crippen molar-refractivity contribution in [2.75, 3.05) is 13.1 Å². The molecule has 2 aromatic rings. The van der Waals surface area contributed by atoms with Crippen LogP contribution in [-0.2, 0) is 9.59 Å². The van der Waals surface area contributed by atoms with Crippen LogP contribution in [0, 0.1) is 0 Å². The molecule has 0 saturated heterocycles. The van der Waals surface area contributed by atoms with Crippen molar-refractivity contribution in [1.29, 1.82) is 0 Å². The van der Waals surface area contributed by atoms with Crippen LogP contribution in [0.2, 0.25) is 0 Å². The van der Waals surface area contributed by atoms with Crippen molar-refractivity contribution in [3.05, 3.63) is 59.2 Å². The highest BCUT2D eigenvalue weighted by molar-refractivity contribution is 7.10. The maximum atomic E-state index is 13.2. The van der Waals surface area contributed by atoms with Gasteiger partial charge in [-0.2, -0.15) is 0 Å². The van der Waals surface area contributed by atoms with Crippen molar-refractivity contribution in [3.8, 4) is 0 Å². The van der Waals surface area contributed by atoms with Crippen molar-refractivity contribution in [2.24, 2.45) is 0 Å². The third-order valence-corrected chi connectivity index (χ3v) is 6.04. The van der Waals surface area contributed by atoms with Gasteiger partial charge in [0.15, 0.2) is 5.76 Å². The molecule has 2 N–H and O–H groups in total. The van der Waals surface area contributed by atoms with Gasteiger partial charge < -0.3 is 20.0 Å². The first kappa shape index (κ1) is 21.8. The zero-order valence-electron chi connectivity index (χ0n) is 16.8. The lowest BCUT2D eigenvalue weighted by Gasteiger charge is -2.32. The molecule has 0 aliphatic heterocycles. The minimum atomic E-state index is -0.766. The molecule has 0 radical (unpaired) electrons. The molecule has 2 aromatic heterocycles. The molecule has 1 fully saturated rings. The van der Waals surface area contributed by atoms with Gasteiger partial charge in [0.1, 0.15) is 6.04 Å². The van der Waals surface area contributed by atoms with Crippen LogP contribution < -0.4 is 10.6 Å². The molecular weight excluding hydrogens is 402 g/mol. The zero-order valence-corrected chi connectivity index (χ0v) is 17.7. The highest BCUT2D eigenvalue weighted by atomic mass is 32.1. The largest absolute Gasteiger partial charge is 0.459 e. The Bertz CT molecular complexity index is 842. The van der Waals surface area contributed by atoms with E-state index in [9.17, 15) is 14.4 Å². The number of carbonyl (C=O) groups is 3. The summed E-state index contributed by atoms with van der Waals surface area (Å²) in [6.07, 6.45) is 8.28. The van der Waals surface area contributed by atoms with Crippen molar-refractivity contribution >= 4 is 29.1 Å². The normalized spacial score (nSPS) is 15.2. The summed E-state index contributed by atoms with van der Waals surface area (Å²) in [5.74, 6) is -0.918. The van der Waals surface area contributed by atoms with E-state index in [-0.39, 0.29) is 36.7 Å². The van der Waals surface area contributed by atoms with E-state index < -0.39 is 11.9 Å². The number of hydrogen-bond donors (Lipinski definition) is 2. The maximum Gasteiger partial charge on any atom is 0.287 e. The first-order valence-corrected chi connectivity index (χ1v) is 11.0. The number of amides is 3. The van der Waals surface area contributed by atoms with Gasteiger partial charge in [0.2, 0.25) is 11.8 Å². The molecule has 1 unspecified atom stereocenters. The average Bonchev–Trinajstić information content (AvgIpc) is 3.46. The second kappa shape index (κ2) is 10.8. The van der Waals surface area contributed by atoms with Gasteiger partial charge in [-0.25, -0.2) is 0 Å². The van der Waals surface area contributed by atoms with Crippen molar-refractivity contribution in [3.63, 3.8) is 0 Å². The summed E-state index contributed by atoms with van der Waals surface area (Å²) in [7, 11) is 0. The maximum absolute atomic E-state index is 13.2. The number of carbonyl (C=O) groups excluding carboxylic acids is 3. The molecule has 0 spiro atoms. The molecule has 7 nitrogen and oxygen atoms in total. The lowest BCUT2D eigenvalue weighted by molar-refractivity contribution is -0.139. The van der Waals surface area contributed by atoms with Gasteiger partial charge in [-0.3, -0.25) is 14.4 Å². The second-order valence-corrected chi connectivity index (χ2v) is 8.24. The molecule has 3 rings (SSSR count). The topological polar surface area (TPSA) is 91.7 Å². The average molecular weight is 430 g/mol. The number of hydrogen-bond acceptors (Lipinski definition) is 5. The highest BCUT2D eigenvalue weighted by Crippen LogP contribution is 2.27. The third kappa shape index (κ3) is 5.60. The molecule has 0 bridgehead atoms. The summed E-state index contributed by atoms with van der Waals surface area (Å²) in [6.45, 7) is 3.68. The van der Waals surface area contributed by atoms with E-state index >= 15 is 0 Å². The molecule has 8 heteroatoms. The first-order chi connectivity index (χ1) is 14.6. The van der Waals surface area contributed by atoms with Gasteiger partial charge in [-0.1, -0.05) is 31.4 Å². The Kier molecular flexibility index (Phi) is 7.84. The molecule has 1 aliphatic carbocycles. The van der Waals surface area contributed by atoms with Crippen LogP contribution in [0.15, 0.2) is 53.0 Å². The van der Waals surface area contributed by atoms with Crippen molar-refractivity contribution < 1.29 is 18.8 Å². The highest BCUT2D eigenvalue weighted by Gasteiger charge is 2.33. The fourth-order valence-corrected chi connectivity index (χ4v) is 4.48. The van der Waals surface area contributed by atoms with E-state index in [1.54, 1.807) is 12.1 Å². The number of nitrogens with zero attached hydrogens (tertiary/aromatic N) is 1. The van der Waals surface area contributed by atoms with E-state index in [0.29, 0.717) is 0 Å². The Labute approximate surface area is 180 Å². The van der Waals surface area contributed by atoms with Crippen molar-refractivity contribution in [1.82, 2.24) is 15.5 Å². The smallest absolute Gasteiger partial charge is 0.287 e. The van der Waals surface area contributed by atoms with Gasteiger partial charge in [0, 0.05) is 17.5 Å². The number of thiophene rings is 1. The molecule has 30 heavy (non-hydrogen) atoms. The van der Waals surface area contributed by atoms with E-state index in [1.807, 2.05) is 17.5 Å². The standard InChI is InChI=1S/C22H27N3O4S/c1-2-12-25(19(26)15-23-21(27)17-10-6-13-29-17)20(18-11-7-14-30-18)22(28)24-16-8-4-3-5-9-16/h2,6-7,10-11,13-14,16,20H,1,3-5,8-9,12,15H2,(H,23,27)(H,24,28). The zero-order chi connectivity index (χ0) is 21.3. The van der Waals surface area contributed by atoms with Gasteiger partial charge in [0.25, 0.3) is 5.91 Å². The Morgan fingerprint density at radius 2 is 2.03 bits per heavy atom. The quantitative estimate of drug-likeness (QED) is 0.599. The second-order valence-electron chi connectivity index (χ2n) is 7.26. The van der Waals surface area contributed by atoms with Crippen LogP contribution in [0.3, 0.4) is 0 Å². The molecule has 1 saturated carbocycles. The van der Waals surface area contributed by atoms with Crippen LogP contribution in [0.25, 0.3) is 0 Å². The molecule has 3 amide bonds. The molecule has 0 aromatic carbocycles. The Balaban J connectivity index is 1.73. The third-order valence-electron chi connectivity index (χ3n) is 5.12. The van der Waals surface area contributed by atoms with Gasteiger partial charge >= 0.3 is 0 Å². The van der Waals surface area contributed by atoms with Crippen LogP contribution in [0.4, 0.5) is 0 Å². The summed E-state index contributed by atoms with van der Waals surface area (Å²) >= 11 is 1.42. The number of rotatable bonds is 9. The number of furan rings is 1. The summed E-state index contributed by atoms with van der Waals surface area (Å²) < 4.78 is 5.05. The molecule has 2 heterocycles. The Hall–Kier alpha value is -2.87.